The zero-order valence-electron chi connectivity index (χ0n) is 19.8. The number of amides is 1. The highest BCUT2D eigenvalue weighted by molar-refractivity contribution is 7.92. The molecule has 7 nitrogen and oxygen atoms in total. The monoisotopic (exact) mass is 482 g/mol. The van der Waals surface area contributed by atoms with Crippen molar-refractivity contribution in [3.05, 3.63) is 83.9 Å². The first-order valence-electron chi connectivity index (χ1n) is 11.0. The second-order valence-corrected chi connectivity index (χ2v) is 9.65. The molecule has 0 aliphatic heterocycles. The predicted molar refractivity (Wildman–Crippen MR) is 133 cm³/mol. The van der Waals surface area contributed by atoms with Gasteiger partial charge >= 0.3 is 0 Å². The normalized spacial score (nSPS) is 12.0. The van der Waals surface area contributed by atoms with Crippen LogP contribution in [0.25, 0.3) is 0 Å². The Morgan fingerprint density at radius 1 is 0.971 bits per heavy atom. The molecule has 0 aliphatic carbocycles. The van der Waals surface area contributed by atoms with E-state index in [1.54, 1.807) is 49.6 Å². The van der Waals surface area contributed by atoms with Crippen molar-refractivity contribution in [2.45, 2.75) is 31.2 Å². The van der Waals surface area contributed by atoms with Crippen LogP contribution in [0.15, 0.2) is 77.7 Å². The smallest absolute Gasteiger partial charge is 0.264 e. The third-order valence-corrected chi connectivity index (χ3v) is 7.31. The highest BCUT2D eigenvalue weighted by Crippen LogP contribution is 2.28. The topological polar surface area (TPSA) is 84.9 Å². The van der Waals surface area contributed by atoms with Crippen molar-refractivity contribution in [1.29, 1.82) is 0 Å². The largest absolute Gasteiger partial charge is 0.497 e. The molecular formula is C26H30N2O5S. The third kappa shape index (κ3) is 5.69. The number of carbonyl (C=O) groups excluding carboxylic acids is 1. The summed E-state index contributed by atoms with van der Waals surface area (Å²) in [5.41, 5.74) is 2.22. The number of aryl methyl sites for hydroxylation is 1. The Kier molecular flexibility index (Phi) is 8.17. The van der Waals surface area contributed by atoms with Gasteiger partial charge in [-0.05, 0) is 54.8 Å². The van der Waals surface area contributed by atoms with Gasteiger partial charge in [-0.3, -0.25) is 9.10 Å². The first kappa shape index (κ1) is 25.1. The first-order valence-corrected chi connectivity index (χ1v) is 12.4. The lowest BCUT2D eigenvalue weighted by atomic mass is 10.0. The van der Waals surface area contributed by atoms with Crippen LogP contribution in [0.1, 0.15) is 30.5 Å². The Balaban J connectivity index is 1.91. The number of hydrogen-bond acceptors (Lipinski definition) is 5. The Hall–Kier alpha value is -3.52. The molecule has 0 heterocycles. The number of nitrogens with one attached hydrogen (secondary N) is 1. The highest BCUT2D eigenvalue weighted by atomic mass is 32.2. The van der Waals surface area contributed by atoms with E-state index in [0.29, 0.717) is 17.9 Å². The van der Waals surface area contributed by atoms with Crippen LogP contribution in [0.2, 0.25) is 0 Å². The Morgan fingerprint density at radius 3 is 2.32 bits per heavy atom. The number of carbonyl (C=O) groups is 1. The minimum absolute atomic E-state index is 0.100. The van der Waals surface area contributed by atoms with Gasteiger partial charge in [0.15, 0.2) is 0 Å². The van der Waals surface area contributed by atoms with Gasteiger partial charge in [-0.1, -0.05) is 43.3 Å². The molecule has 3 aromatic rings. The minimum Gasteiger partial charge on any atom is -0.497 e. The summed E-state index contributed by atoms with van der Waals surface area (Å²) in [6, 6.07) is 20.2. The molecule has 0 radical (unpaired) electrons. The van der Waals surface area contributed by atoms with Crippen LogP contribution < -0.4 is 19.1 Å². The average Bonchev–Trinajstić information content (AvgIpc) is 2.86. The van der Waals surface area contributed by atoms with E-state index in [1.807, 2.05) is 32.0 Å². The molecule has 34 heavy (non-hydrogen) atoms. The van der Waals surface area contributed by atoms with Gasteiger partial charge in [0.1, 0.15) is 18.0 Å². The van der Waals surface area contributed by atoms with Gasteiger partial charge in [0.25, 0.3) is 10.0 Å². The summed E-state index contributed by atoms with van der Waals surface area (Å²) in [4.78, 5) is 13.2. The van der Waals surface area contributed by atoms with Crippen molar-refractivity contribution in [2.75, 3.05) is 25.1 Å². The van der Waals surface area contributed by atoms with E-state index in [-0.39, 0.29) is 17.5 Å². The van der Waals surface area contributed by atoms with E-state index in [2.05, 4.69) is 5.32 Å². The second-order valence-electron chi connectivity index (χ2n) is 7.78. The fourth-order valence-electron chi connectivity index (χ4n) is 3.71. The van der Waals surface area contributed by atoms with Crippen LogP contribution in [0.5, 0.6) is 11.5 Å². The van der Waals surface area contributed by atoms with E-state index in [4.69, 9.17) is 9.47 Å². The summed E-state index contributed by atoms with van der Waals surface area (Å²) in [5.74, 6) is 0.844. The lowest BCUT2D eigenvalue weighted by Crippen LogP contribution is -2.42. The van der Waals surface area contributed by atoms with Crippen LogP contribution >= 0.6 is 0 Å². The molecule has 8 heteroatoms. The van der Waals surface area contributed by atoms with E-state index < -0.39 is 15.9 Å². The van der Waals surface area contributed by atoms with Crippen molar-refractivity contribution in [1.82, 2.24) is 5.32 Å². The molecule has 0 fully saturated rings. The number of ether oxygens (including phenoxy) is 2. The number of hydrogen-bond donors (Lipinski definition) is 1. The number of benzene rings is 3. The molecule has 3 aromatic carbocycles. The molecule has 1 amide bonds. The van der Waals surface area contributed by atoms with Crippen molar-refractivity contribution < 1.29 is 22.7 Å². The summed E-state index contributed by atoms with van der Waals surface area (Å²) in [6.45, 7) is 3.52. The molecular weight excluding hydrogens is 452 g/mol. The molecule has 1 atom stereocenters. The van der Waals surface area contributed by atoms with Crippen molar-refractivity contribution in [3.63, 3.8) is 0 Å². The average molecular weight is 483 g/mol. The maximum Gasteiger partial charge on any atom is 0.264 e. The summed E-state index contributed by atoms with van der Waals surface area (Å²) in [6.07, 6.45) is 0.641. The van der Waals surface area contributed by atoms with Gasteiger partial charge in [-0.2, -0.15) is 0 Å². The van der Waals surface area contributed by atoms with Crippen LogP contribution in [0.3, 0.4) is 0 Å². The molecule has 1 N–H and O–H groups in total. The lowest BCUT2D eigenvalue weighted by molar-refractivity contribution is -0.120. The Morgan fingerprint density at radius 2 is 1.71 bits per heavy atom. The predicted octanol–water partition coefficient (Wildman–Crippen LogP) is 4.48. The Bertz CT molecular complexity index is 1230. The quantitative estimate of drug-likeness (QED) is 0.461. The molecule has 0 bridgehead atoms. The third-order valence-electron chi connectivity index (χ3n) is 5.52. The maximum absolute atomic E-state index is 13.5. The van der Waals surface area contributed by atoms with Crippen LogP contribution in [0, 0.1) is 6.92 Å². The summed E-state index contributed by atoms with van der Waals surface area (Å²) in [5, 5.41) is 2.98. The first-order chi connectivity index (χ1) is 16.3. The number of rotatable bonds is 10. The molecule has 0 aliphatic rings. The highest BCUT2D eigenvalue weighted by Gasteiger charge is 2.28. The van der Waals surface area contributed by atoms with E-state index in [1.165, 1.54) is 19.2 Å². The summed E-state index contributed by atoms with van der Waals surface area (Å²) in [7, 11) is -0.880. The van der Waals surface area contributed by atoms with Crippen LogP contribution in [0.4, 0.5) is 5.69 Å². The SMILES string of the molecule is CCC(NC(=O)CN(c1cccc(OC)c1)S(=O)(=O)c1ccccc1)c1ccc(OC)c(C)c1. The van der Waals surface area contributed by atoms with Gasteiger partial charge < -0.3 is 14.8 Å². The molecule has 0 saturated heterocycles. The fraction of sp³-hybridized carbons (Fsp3) is 0.269. The standard InChI is InChI=1S/C26H30N2O5S/c1-5-24(20-14-15-25(33-4)19(2)16-20)27-26(29)18-28(21-10-9-11-22(17-21)32-3)34(30,31)23-12-7-6-8-13-23/h6-17,24H,5,18H2,1-4H3,(H,27,29). The van der Waals surface area contributed by atoms with Gasteiger partial charge in [-0.25, -0.2) is 8.42 Å². The number of methoxy groups -OCH3 is 2. The number of nitrogens with zero attached hydrogens (tertiary/aromatic N) is 1. The van der Waals surface area contributed by atoms with Crippen molar-refractivity contribution in [2.24, 2.45) is 0 Å². The molecule has 0 aromatic heterocycles. The summed E-state index contributed by atoms with van der Waals surface area (Å²) >= 11 is 0. The minimum atomic E-state index is -4.00. The molecule has 180 valence electrons. The van der Waals surface area contributed by atoms with Crippen molar-refractivity contribution in [3.8, 4) is 11.5 Å². The van der Waals surface area contributed by atoms with E-state index in [9.17, 15) is 13.2 Å². The van der Waals surface area contributed by atoms with E-state index >= 15 is 0 Å². The lowest BCUT2D eigenvalue weighted by Gasteiger charge is -2.26. The van der Waals surface area contributed by atoms with Gasteiger partial charge in [-0.15, -0.1) is 0 Å². The maximum atomic E-state index is 13.5. The second kappa shape index (κ2) is 11.1. The van der Waals surface area contributed by atoms with Crippen molar-refractivity contribution >= 4 is 21.6 Å². The fourth-order valence-corrected chi connectivity index (χ4v) is 5.14. The number of anilines is 1. The zero-order valence-corrected chi connectivity index (χ0v) is 20.6. The van der Waals surface area contributed by atoms with E-state index in [0.717, 1.165) is 21.2 Å². The molecule has 3 rings (SSSR count). The van der Waals surface area contributed by atoms with Gasteiger partial charge in [0, 0.05) is 6.07 Å². The van der Waals surface area contributed by atoms with Crippen LogP contribution in [-0.4, -0.2) is 35.1 Å². The zero-order chi connectivity index (χ0) is 24.7. The Labute approximate surface area is 201 Å². The van der Waals surface area contributed by atoms with Gasteiger partial charge in [0.05, 0.1) is 30.8 Å². The molecule has 1 unspecified atom stereocenters. The van der Waals surface area contributed by atoms with Crippen LogP contribution in [-0.2, 0) is 14.8 Å². The molecule has 0 spiro atoms. The number of sulfonamides is 1. The van der Waals surface area contributed by atoms with Gasteiger partial charge in [0.2, 0.25) is 5.91 Å². The molecule has 0 saturated carbocycles. The summed E-state index contributed by atoms with van der Waals surface area (Å²) < 4.78 is 38.7.